The average Bonchev–Trinajstić information content (AvgIpc) is 3.54. The molecule has 0 aliphatic rings. The zero-order chi connectivity index (χ0) is 28.9. The Bertz CT molecular complexity index is 1890. The average molecular weight is 583 g/mol. The van der Waals surface area contributed by atoms with Gasteiger partial charge in [-0.2, -0.15) is 5.10 Å². The molecule has 0 saturated carbocycles. The first-order chi connectivity index (χ1) is 19.6. The molecule has 6 nitrogen and oxygen atoms in total. The molecule has 0 aliphatic heterocycles. The van der Waals surface area contributed by atoms with Crippen LogP contribution in [0.15, 0.2) is 73.2 Å². The summed E-state index contributed by atoms with van der Waals surface area (Å²) in [7, 11) is 1.95. The number of hydrogen-bond donors (Lipinski definition) is 1. The van der Waals surface area contributed by atoms with Crippen molar-refractivity contribution >= 4 is 44.1 Å². The summed E-state index contributed by atoms with van der Waals surface area (Å²) in [6.07, 6.45) is 5.12. The Balaban J connectivity index is 1.51. The highest BCUT2D eigenvalue weighted by atomic mass is 35.5. The minimum Gasteiger partial charge on any atom is -0.393 e. The van der Waals surface area contributed by atoms with Crippen LogP contribution >= 0.6 is 22.9 Å². The second-order valence-electron chi connectivity index (χ2n) is 11.3. The fourth-order valence-electron chi connectivity index (χ4n) is 5.32. The van der Waals surface area contributed by atoms with Gasteiger partial charge in [0.15, 0.2) is 0 Å². The first-order valence-corrected chi connectivity index (χ1v) is 14.7. The van der Waals surface area contributed by atoms with Gasteiger partial charge in [-0.15, -0.1) is 11.3 Å². The van der Waals surface area contributed by atoms with Crippen LogP contribution in [0.1, 0.15) is 38.0 Å². The van der Waals surface area contributed by atoms with Crippen molar-refractivity contribution in [3.05, 3.63) is 89.3 Å². The molecule has 0 bridgehead atoms. The van der Waals surface area contributed by atoms with Crippen LogP contribution in [-0.4, -0.2) is 37.1 Å². The van der Waals surface area contributed by atoms with E-state index in [0.717, 1.165) is 65.1 Å². The maximum atomic E-state index is 10.5. The van der Waals surface area contributed by atoms with Crippen LogP contribution in [0.5, 0.6) is 0 Å². The summed E-state index contributed by atoms with van der Waals surface area (Å²) in [4.78, 5) is 9.65. The number of rotatable bonds is 6. The Morgan fingerprint density at radius 3 is 2.41 bits per heavy atom. The Kier molecular flexibility index (Phi) is 7.16. The lowest BCUT2D eigenvalue weighted by atomic mass is 9.91. The molecule has 1 N–H and O–H groups in total. The van der Waals surface area contributed by atoms with Crippen LogP contribution in [0.2, 0.25) is 5.02 Å². The molecule has 3 aromatic carbocycles. The van der Waals surface area contributed by atoms with Crippen LogP contribution in [0.25, 0.3) is 53.9 Å². The molecule has 6 rings (SSSR count). The highest BCUT2D eigenvalue weighted by molar-refractivity contribution is 7.22. The Morgan fingerprint density at radius 2 is 1.68 bits per heavy atom. The van der Waals surface area contributed by atoms with E-state index < -0.39 is 11.7 Å². The lowest BCUT2D eigenvalue weighted by Crippen LogP contribution is -2.25. The van der Waals surface area contributed by atoms with Crippen molar-refractivity contribution in [2.45, 2.75) is 39.4 Å². The third kappa shape index (κ3) is 5.38. The molecule has 0 amide bonds. The monoisotopic (exact) mass is 582 g/mol. The highest BCUT2D eigenvalue weighted by Crippen LogP contribution is 2.44. The maximum absolute atomic E-state index is 10.5. The van der Waals surface area contributed by atoms with Gasteiger partial charge in [0.05, 0.1) is 34.1 Å². The van der Waals surface area contributed by atoms with E-state index in [4.69, 9.17) is 21.3 Å². The number of nitrogens with zero attached hydrogens (tertiary/aromatic N) is 4. The Hall–Kier alpha value is -3.62. The van der Waals surface area contributed by atoms with Gasteiger partial charge in [0.2, 0.25) is 0 Å². The van der Waals surface area contributed by atoms with Crippen LogP contribution in [0.3, 0.4) is 0 Å². The standard InChI is InChI=1S/C33H31ClN4O2S/c1-19-12-26-31(30(20-6-9-25(34)10-7-20)29(19)28(18-39)40-33(2,3)4)41-32(37-26)24-14-22(15-35-16-24)21-8-11-27-23(13-21)17-36-38(27)5/h6-17,28,39H,18H2,1-5H3/t28-/m1/s1. The summed E-state index contributed by atoms with van der Waals surface area (Å²) in [6.45, 7) is 7.93. The summed E-state index contributed by atoms with van der Waals surface area (Å²) in [5.41, 5.74) is 8.57. The minimum absolute atomic E-state index is 0.136. The topological polar surface area (TPSA) is 73.1 Å². The number of thiazole rings is 1. The van der Waals surface area contributed by atoms with Crippen LogP contribution in [0, 0.1) is 6.92 Å². The van der Waals surface area contributed by atoms with Crippen molar-refractivity contribution < 1.29 is 9.84 Å². The third-order valence-electron chi connectivity index (χ3n) is 7.11. The fourth-order valence-corrected chi connectivity index (χ4v) is 6.56. The van der Waals surface area contributed by atoms with Crippen LogP contribution in [-0.2, 0) is 11.8 Å². The van der Waals surface area contributed by atoms with Gasteiger partial charge in [-0.25, -0.2) is 4.98 Å². The molecular formula is C33H31ClN4O2S. The smallest absolute Gasteiger partial charge is 0.126 e. The van der Waals surface area contributed by atoms with E-state index in [-0.39, 0.29) is 6.61 Å². The zero-order valence-electron chi connectivity index (χ0n) is 23.6. The number of fused-ring (bicyclic) bond motifs is 2. The summed E-state index contributed by atoms with van der Waals surface area (Å²) in [6, 6.07) is 18.4. The van der Waals surface area contributed by atoms with E-state index in [1.54, 1.807) is 11.3 Å². The molecule has 0 spiro atoms. The molecule has 0 saturated heterocycles. The molecule has 208 valence electrons. The largest absolute Gasteiger partial charge is 0.393 e. The van der Waals surface area contributed by atoms with Gasteiger partial charge in [0, 0.05) is 46.5 Å². The molecule has 0 aliphatic carbocycles. The van der Waals surface area contributed by atoms with Gasteiger partial charge in [0.1, 0.15) is 11.1 Å². The van der Waals surface area contributed by atoms with Gasteiger partial charge in [0.25, 0.3) is 0 Å². The minimum atomic E-state index is -0.497. The predicted molar refractivity (Wildman–Crippen MR) is 168 cm³/mol. The van der Waals surface area contributed by atoms with Crippen molar-refractivity contribution in [2.75, 3.05) is 6.61 Å². The van der Waals surface area contributed by atoms with E-state index in [9.17, 15) is 5.11 Å². The van der Waals surface area contributed by atoms with Crippen molar-refractivity contribution in [3.63, 3.8) is 0 Å². The predicted octanol–water partition coefficient (Wildman–Crippen LogP) is 8.39. The number of halogens is 1. The number of hydrogen-bond acceptors (Lipinski definition) is 6. The number of aromatic nitrogens is 4. The molecule has 3 heterocycles. The molecular weight excluding hydrogens is 552 g/mol. The Labute approximate surface area is 248 Å². The first kappa shape index (κ1) is 27.5. The molecule has 0 unspecified atom stereocenters. The van der Waals surface area contributed by atoms with E-state index in [1.165, 1.54) is 0 Å². The Morgan fingerprint density at radius 1 is 0.951 bits per heavy atom. The molecule has 41 heavy (non-hydrogen) atoms. The molecule has 1 atom stereocenters. The van der Waals surface area contributed by atoms with Crippen molar-refractivity contribution in [1.29, 1.82) is 0 Å². The second kappa shape index (κ2) is 10.7. The SMILES string of the molecule is Cc1cc2nc(-c3cncc(-c4ccc5c(cnn5C)c4)c3)sc2c(-c2ccc(Cl)cc2)c1[C@@H](CO)OC(C)(C)C. The normalized spacial score (nSPS) is 12.9. The number of benzene rings is 3. The number of ether oxygens (including phenoxy) is 1. The van der Waals surface area contributed by atoms with Crippen molar-refractivity contribution in [1.82, 2.24) is 19.7 Å². The highest BCUT2D eigenvalue weighted by Gasteiger charge is 2.27. The van der Waals surface area contributed by atoms with Crippen molar-refractivity contribution in [3.8, 4) is 32.8 Å². The number of aliphatic hydroxyl groups is 1. The lowest BCUT2D eigenvalue weighted by Gasteiger charge is -2.29. The van der Waals surface area contributed by atoms with Crippen LogP contribution in [0.4, 0.5) is 0 Å². The van der Waals surface area contributed by atoms with E-state index in [2.05, 4.69) is 47.3 Å². The molecule has 0 fully saturated rings. The summed E-state index contributed by atoms with van der Waals surface area (Å²) in [5, 5.41) is 17.5. The number of pyridine rings is 1. The van der Waals surface area contributed by atoms with E-state index in [0.29, 0.717) is 5.02 Å². The van der Waals surface area contributed by atoms with E-state index in [1.807, 2.05) is 75.4 Å². The molecule has 3 aromatic heterocycles. The second-order valence-corrected chi connectivity index (χ2v) is 12.7. The van der Waals surface area contributed by atoms with E-state index >= 15 is 0 Å². The zero-order valence-corrected chi connectivity index (χ0v) is 25.2. The first-order valence-electron chi connectivity index (χ1n) is 13.5. The van der Waals surface area contributed by atoms with Gasteiger partial charge >= 0.3 is 0 Å². The summed E-state index contributed by atoms with van der Waals surface area (Å²) in [5.74, 6) is 0. The number of aliphatic hydroxyl groups excluding tert-OH is 1. The third-order valence-corrected chi connectivity index (χ3v) is 8.50. The summed E-state index contributed by atoms with van der Waals surface area (Å²) < 4.78 is 9.27. The summed E-state index contributed by atoms with van der Waals surface area (Å²) >= 11 is 7.88. The molecule has 6 aromatic rings. The van der Waals surface area contributed by atoms with Gasteiger partial charge in [-0.3, -0.25) is 9.67 Å². The quantitative estimate of drug-likeness (QED) is 0.213. The lowest BCUT2D eigenvalue weighted by molar-refractivity contribution is -0.0821. The fraction of sp³-hybridized carbons (Fsp3) is 0.242. The van der Waals surface area contributed by atoms with Crippen LogP contribution < -0.4 is 0 Å². The van der Waals surface area contributed by atoms with Gasteiger partial charge in [-0.1, -0.05) is 29.8 Å². The van der Waals surface area contributed by atoms with Gasteiger partial charge in [-0.05, 0) is 86.3 Å². The van der Waals surface area contributed by atoms with Gasteiger partial charge < -0.3 is 9.84 Å². The van der Waals surface area contributed by atoms with Crippen molar-refractivity contribution in [2.24, 2.45) is 7.05 Å². The number of aryl methyl sites for hydroxylation is 2. The molecule has 8 heteroatoms. The molecule has 0 radical (unpaired) electrons. The maximum Gasteiger partial charge on any atom is 0.126 e.